The second-order valence-electron chi connectivity index (χ2n) is 8.35. The summed E-state index contributed by atoms with van der Waals surface area (Å²) in [6.07, 6.45) is 4.95. The van der Waals surface area contributed by atoms with E-state index < -0.39 is 29.7 Å². The number of nitrogens with one attached hydrogen (secondary N) is 1. The van der Waals surface area contributed by atoms with E-state index in [-0.39, 0.29) is 24.6 Å². The molecule has 11 heteroatoms. The summed E-state index contributed by atoms with van der Waals surface area (Å²) < 4.78 is 42.0. The normalized spacial score (nSPS) is 28.6. The molecule has 2 saturated heterocycles. The van der Waals surface area contributed by atoms with E-state index in [2.05, 4.69) is 25.5 Å². The number of rotatable bonds is 5. The molecule has 0 saturated carbocycles. The summed E-state index contributed by atoms with van der Waals surface area (Å²) in [5, 5.41) is 21.5. The lowest BCUT2D eigenvalue weighted by atomic mass is 9.87. The van der Waals surface area contributed by atoms with Gasteiger partial charge >= 0.3 is 6.01 Å². The monoisotopic (exact) mass is 444 g/mol. The smallest absolute Gasteiger partial charge is 0.336 e. The minimum absolute atomic E-state index is 0.00509. The summed E-state index contributed by atoms with van der Waals surface area (Å²) in [6, 6.07) is 4.52. The van der Waals surface area contributed by atoms with Gasteiger partial charge in [0.25, 0.3) is 5.92 Å². The highest BCUT2D eigenvalue weighted by Gasteiger charge is 2.64. The number of methoxy groups -OCH3 is 1. The van der Waals surface area contributed by atoms with Crippen molar-refractivity contribution in [3.63, 3.8) is 0 Å². The maximum absolute atomic E-state index is 14.5. The van der Waals surface area contributed by atoms with E-state index in [0.717, 1.165) is 5.69 Å². The number of alkyl halides is 2. The highest BCUT2D eigenvalue weighted by Crippen LogP contribution is 2.47. The van der Waals surface area contributed by atoms with Crippen LogP contribution in [-0.2, 0) is 4.74 Å². The zero-order chi connectivity index (χ0) is 22.5. The predicted molar refractivity (Wildman–Crippen MR) is 109 cm³/mol. The Labute approximate surface area is 182 Å². The Kier molecular flexibility index (Phi) is 4.82. The van der Waals surface area contributed by atoms with E-state index in [1.165, 1.54) is 20.2 Å². The molecule has 5 rings (SSSR count). The first-order valence-corrected chi connectivity index (χ1v) is 10.2. The van der Waals surface area contributed by atoms with Crippen molar-refractivity contribution in [3.05, 3.63) is 43.1 Å². The molecule has 0 spiro atoms. The van der Waals surface area contributed by atoms with Gasteiger partial charge < -0.3 is 24.5 Å². The van der Waals surface area contributed by atoms with Gasteiger partial charge in [-0.3, -0.25) is 0 Å². The molecule has 32 heavy (non-hydrogen) atoms. The molecule has 0 aliphatic carbocycles. The van der Waals surface area contributed by atoms with Crippen molar-refractivity contribution in [2.45, 2.75) is 49.5 Å². The van der Waals surface area contributed by atoms with Crippen LogP contribution in [0.15, 0.2) is 43.1 Å². The topological polar surface area (TPSA) is 107 Å². The molecule has 4 atom stereocenters. The zero-order valence-electron chi connectivity index (χ0n) is 17.4. The fourth-order valence-corrected chi connectivity index (χ4v) is 4.56. The Balaban J connectivity index is 1.34. The van der Waals surface area contributed by atoms with Crippen molar-refractivity contribution in [3.8, 4) is 28.7 Å². The molecule has 3 aromatic rings. The first kappa shape index (κ1) is 20.7. The van der Waals surface area contributed by atoms with Gasteiger partial charge in [0.15, 0.2) is 0 Å². The molecule has 9 nitrogen and oxygen atoms in total. The van der Waals surface area contributed by atoms with Gasteiger partial charge in [-0.2, -0.15) is 0 Å². The maximum Gasteiger partial charge on any atom is 0.336 e. The second-order valence-corrected chi connectivity index (χ2v) is 8.35. The van der Waals surface area contributed by atoms with E-state index in [1.807, 2.05) is 0 Å². The fraction of sp³-hybridized carbons (Fsp3) is 0.429. The summed E-state index contributed by atoms with van der Waals surface area (Å²) in [5.74, 6) is -2.86. The number of phenolic OH excluding ortho intramolecular Hbond substituents is 1. The molecule has 4 heterocycles. The van der Waals surface area contributed by atoms with Gasteiger partial charge in [0.2, 0.25) is 0 Å². The van der Waals surface area contributed by atoms with Gasteiger partial charge in [-0.15, -0.1) is 5.10 Å². The number of aromatic hydroxyl groups is 1. The molecular weight excluding hydrogens is 422 g/mol. The number of phenols is 1. The average Bonchev–Trinajstić information content (AvgIpc) is 3.34. The predicted octanol–water partition coefficient (Wildman–Crippen LogP) is 2.35. The van der Waals surface area contributed by atoms with E-state index >= 15 is 0 Å². The Morgan fingerprint density at radius 3 is 2.75 bits per heavy atom. The van der Waals surface area contributed by atoms with Crippen molar-refractivity contribution in [2.75, 3.05) is 7.11 Å². The summed E-state index contributed by atoms with van der Waals surface area (Å²) >= 11 is 0. The molecule has 2 aliphatic rings. The van der Waals surface area contributed by atoms with Gasteiger partial charge in [-0.05, 0) is 19.1 Å². The van der Waals surface area contributed by atoms with Gasteiger partial charge in [0.05, 0.1) is 23.8 Å². The number of halogens is 2. The van der Waals surface area contributed by atoms with Crippen LogP contribution < -0.4 is 10.1 Å². The van der Waals surface area contributed by atoms with Crippen molar-refractivity contribution in [1.29, 1.82) is 0 Å². The Hall–Kier alpha value is -3.18. The van der Waals surface area contributed by atoms with Crippen LogP contribution >= 0.6 is 0 Å². The Bertz CT molecular complexity index is 1110. The first-order valence-electron chi connectivity index (χ1n) is 10.2. The Morgan fingerprint density at radius 1 is 1.25 bits per heavy atom. The van der Waals surface area contributed by atoms with Crippen LogP contribution in [0.25, 0.3) is 16.9 Å². The number of hydrogen-bond donors (Lipinski definition) is 2. The van der Waals surface area contributed by atoms with Crippen molar-refractivity contribution >= 4 is 0 Å². The number of piperidine rings is 1. The van der Waals surface area contributed by atoms with E-state index in [1.54, 1.807) is 41.5 Å². The number of nitrogens with zero attached hydrogens (tertiary/aromatic N) is 5. The van der Waals surface area contributed by atoms with Gasteiger partial charge in [-0.25, -0.2) is 18.7 Å². The van der Waals surface area contributed by atoms with E-state index in [0.29, 0.717) is 11.3 Å². The number of benzene rings is 1. The van der Waals surface area contributed by atoms with Crippen LogP contribution in [0.5, 0.6) is 11.8 Å². The average molecular weight is 444 g/mol. The van der Waals surface area contributed by atoms with Gasteiger partial charge in [0, 0.05) is 50.0 Å². The summed E-state index contributed by atoms with van der Waals surface area (Å²) in [6.45, 7) is 1.49. The minimum atomic E-state index is -2.87. The summed E-state index contributed by atoms with van der Waals surface area (Å²) in [4.78, 5) is 8.16. The molecule has 168 valence electrons. The third-order valence-corrected chi connectivity index (χ3v) is 6.29. The fourth-order valence-electron chi connectivity index (χ4n) is 4.56. The largest absolute Gasteiger partial charge is 0.507 e. The lowest BCUT2D eigenvalue weighted by Crippen LogP contribution is -2.62. The number of aromatic nitrogens is 5. The van der Waals surface area contributed by atoms with Gasteiger partial charge in [0.1, 0.15) is 23.7 Å². The third-order valence-electron chi connectivity index (χ3n) is 6.29. The standard InChI is InChI=1S/C21H22F2N6O3/c1-20-9-17(18(31-2)14(26-20)8-21(20,22)23)32-19-25-10-15(27-28-19)13-4-3-12(7-16(13)30)29-6-5-24-11-29/h3-7,10-11,14,17-18,26,30H,8-9H2,1-2H3/t14?,17-,18-,20+/m0/s1. The number of imidazole rings is 1. The lowest BCUT2D eigenvalue weighted by Gasteiger charge is -2.41. The highest BCUT2D eigenvalue weighted by molar-refractivity contribution is 5.67. The van der Waals surface area contributed by atoms with Crippen LogP contribution in [0.3, 0.4) is 0 Å². The van der Waals surface area contributed by atoms with Crippen LogP contribution in [-0.4, -0.2) is 66.7 Å². The number of fused-ring (bicyclic) bond motifs is 2. The van der Waals surface area contributed by atoms with Gasteiger partial charge in [-0.1, -0.05) is 5.10 Å². The van der Waals surface area contributed by atoms with Crippen molar-refractivity contribution in [2.24, 2.45) is 0 Å². The second kappa shape index (κ2) is 7.45. The summed E-state index contributed by atoms with van der Waals surface area (Å²) in [7, 11) is 1.47. The van der Waals surface area contributed by atoms with Crippen LogP contribution in [0.2, 0.25) is 0 Å². The molecule has 2 bridgehead atoms. The lowest BCUT2D eigenvalue weighted by molar-refractivity contribution is -0.0861. The quantitative estimate of drug-likeness (QED) is 0.618. The van der Waals surface area contributed by atoms with Crippen LogP contribution in [0.1, 0.15) is 19.8 Å². The van der Waals surface area contributed by atoms with Crippen LogP contribution in [0, 0.1) is 0 Å². The van der Waals surface area contributed by atoms with Crippen molar-refractivity contribution in [1.82, 2.24) is 30.0 Å². The van der Waals surface area contributed by atoms with Crippen LogP contribution in [0.4, 0.5) is 8.78 Å². The minimum Gasteiger partial charge on any atom is -0.507 e. The zero-order valence-corrected chi connectivity index (χ0v) is 17.4. The third kappa shape index (κ3) is 3.37. The molecular formula is C21H22F2N6O3. The molecule has 0 amide bonds. The molecule has 2 N–H and O–H groups in total. The molecule has 1 aromatic carbocycles. The van der Waals surface area contributed by atoms with Crippen molar-refractivity contribution < 1.29 is 23.4 Å². The maximum atomic E-state index is 14.5. The molecule has 1 unspecified atom stereocenters. The highest BCUT2D eigenvalue weighted by atomic mass is 19.3. The molecule has 0 radical (unpaired) electrons. The number of hydrogen-bond acceptors (Lipinski definition) is 8. The molecule has 2 aromatic heterocycles. The SMILES string of the molecule is CO[C@H]1C2CC(F)(F)[C@@](C)(C[C@@H]1Oc1ncc(-c3ccc(-n4ccnc4)cc3O)nn1)N2. The van der Waals surface area contributed by atoms with E-state index in [9.17, 15) is 13.9 Å². The number of ether oxygens (including phenoxy) is 2. The first-order chi connectivity index (χ1) is 15.3. The van der Waals surface area contributed by atoms with E-state index in [4.69, 9.17) is 9.47 Å². The summed E-state index contributed by atoms with van der Waals surface area (Å²) in [5.41, 5.74) is 0.149. The molecule has 2 aliphatic heterocycles. The molecule has 2 fully saturated rings. The Morgan fingerprint density at radius 2 is 2.09 bits per heavy atom.